The van der Waals surface area contributed by atoms with E-state index < -0.39 is 17.8 Å². The van der Waals surface area contributed by atoms with Gasteiger partial charge in [0.05, 0.1) is 6.61 Å². The molecule has 0 saturated heterocycles. The van der Waals surface area contributed by atoms with Crippen LogP contribution in [0.5, 0.6) is 0 Å². The summed E-state index contributed by atoms with van der Waals surface area (Å²) in [6.07, 6.45) is 1.90. The van der Waals surface area contributed by atoms with Crippen molar-refractivity contribution < 1.29 is 23.9 Å². The average molecular weight is 395 g/mol. The van der Waals surface area contributed by atoms with Crippen LogP contribution in [-0.4, -0.2) is 30.3 Å². The molecule has 0 bridgehead atoms. The van der Waals surface area contributed by atoms with E-state index in [1.807, 2.05) is 13.0 Å². The number of amides is 3. The van der Waals surface area contributed by atoms with E-state index in [2.05, 4.69) is 20.9 Å². The largest absolute Gasteiger partial charge is 0.463 e. The number of rotatable bonds is 6. The second kappa shape index (κ2) is 10.4. The van der Waals surface area contributed by atoms with Crippen molar-refractivity contribution in [3.63, 3.8) is 0 Å². The van der Waals surface area contributed by atoms with Gasteiger partial charge in [0, 0.05) is 29.0 Å². The molecule has 3 amide bonds. The highest BCUT2D eigenvalue weighted by atomic mass is 16.5. The van der Waals surface area contributed by atoms with Gasteiger partial charge >= 0.3 is 5.97 Å². The van der Waals surface area contributed by atoms with Crippen molar-refractivity contribution in [3.8, 4) is 0 Å². The fourth-order valence-corrected chi connectivity index (χ4v) is 2.26. The van der Waals surface area contributed by atoms with Crippen molar-refractivity contribution in [1.82, 2.24) is 10.9 Å². The number of hydrogen-bond acceptors (Lipinski definition) is 5. The third-order valence-electron chi connectivity index (χ3n) is 3.64. The Morgan fingerprint density at radius 1 is 0.897 bits per heavy atom. The Hall–Kier alpha value is -3.94. The maximum atomic E-state index is 12.2. The Balaban J connectivity index is 1.87. The summed E-state index contributed by atoms with van der Waals surface area (Å²) in [6.45, 7) is 3.74. The van der Waals surface area contributed by atoms with Crippen LogP contribution in [0.1, 0.15) is 33.2 Å². The number of carbonyl (C=O) groups excluding carboxylic acids is 4. The fourth-order valence-electron chi connectivity index (χ4n) is 2.26. The second-order valence-corrected chi connectivity index (χ2v) is 5.93. The average Bonchev–Trinajstić information content (AvgIpc) is 2.71. The van der Waals surface area contributed by atoms with E-state index in [-0.39, 0.29) is 18.1 Å². The van der Waals surface area contributed by atoms with E-state index >= 15 is 0 Å². The molecule has 0 aliphatic heterocycles. The van der Waals surface area contributed by atoms with E-state index in [0.29, 0.717) is 11.3 Å². The first-order valence-corrected chi connectivity index (χ1v) is 8.82. The van der Waals surface area contributed by atoms with Gasteiger partial charge in [0.1, 0.15) is 0 Å². The van der Waals surface area contributed by atoms with Gasteiger partial charge in [-0.15, -0.1) is 0 Å². The first kappa shape index (κ1) is 21.4. The zero-order chi connectivity index (χ0) is 21.2. The zero-order valence-corrected chi connectivity index (χ0v) is 16.0. The summed E-state index contributed by atoms with van der Waals surface area (Å²) in [4.78, 5) is 47.0. The second-order valence-electron chi connectivity index (χ2n) is 5.93. The van der Waals surface area contributed by atoms with Gasteiger partial charge in [-0.25, -0.2) is 4.79 Å². The van der Waals surface area contributed by atoms with Gasteiger partial charge in [0.2, 0.25) is 0 Å². The molecule has 0 aromatic heterocycles. The van der Waals surface area contributed by atoms with Crippen LogP contribution >= 0.6 is 0 Å². The van der Waals surface area contributed by atoms with E-state index in [1.165, 1.54) is 12.1 Å². The summed E-state index contributed by atoms with van der Waals surface area (Å²) in [7, 11) is 0. The molecule has 0 atom stereocenters. The number of carbonyl (C=O) groups is 4. The summed E-state index contributed by atoms with van der Waals surface area (Å²) >= 11 is 0. The smallest absolute Gasteiger partial charge is 0.330 e. The predicted molar refractivity (Wildman–Crippen MR) is 107 cm³/mol. The number of ether oxygens (including phenoxy) is 1. The van der Waals surface area contributed by atoms with Crippen molar-refractivity contribution >= 4 is 29.4 Å². The lowest BCUT2D eigenvalue weighted by Gasteiger charge is -2.08. The molecule has 29 heavy (non-hydrogen) atoms. The molecule has 0 unspecified atom stereocenters. The van der Waals surface area contributed by atoms with Crippen molar-refractivity contribution in [3.05, 3.63) is 77.4 Å². The molecule has 8 heteroatoms. The first-order valence-electron chi connectivity index (χ1n) is 8.82. The molecule has 0 spiro atoms. The van der Waals surface area contributed by atoms with Crippen LogP contribution in [0.25, 0.3) is 0 Å². The van der Waals surface area contributed by atoms with Gasteiger partial charge < -0.3 is 10.1 Å². The topological polar surface area (TPSA) is 114 Å². The van der Waals surface area contributed by atoms with Gasteiger partial charge in [0.15, 0.2) is 0 Å². The van der Waals surface area contributed by atoms with Crippen molar-refractivity contribution in [2.45, 2.75) is 13.8 Å². The quantitative estimate of drug-likeness (QED) is 0.394. The molecule has 0 aliphatic carbocycles. The molecule has 0 radical (unpaired) electrons. The maximum absolute atomic E-state index is 12.2. The lowest BCUT2D eigenvalue weighted by atomic mass is 10.1. The van der Waals surface area contributed by atoms with Gasteiger partial charge in [-0.05, 0) is 50.2 Å². The summed E-state index contributed by atoms with van der Waals surface area (Å²) in [5, 5.41) is 2.75. The highest BCUT2D eigenvalue weighted by Crippen LogP contribution is 2.12. The van der Waals surface area contributed by atoms with Crippen LogP contribution in [0.4, 0.5) is 5.69 Å². The third-order valence-corrected chi connectivity index (χ3v) is 3.64. The molecule has 3 N–H and O–H groups in total. The molecule has 0 saturated carbocycles. The van der Waals surface area contributed by atoms with Crippen LogP contribution in [0.2, 0.25) is 0 Å². The van der Waals surface area contributed by atoms with Crippen LogP contribution in [0, 0.1) is 6.92 Å². The molecule has 2 aromatic carbocycles. The molecular weight excluding hydrogens is 374 g/mol. The summed E-state index contributed by atoms with van der Waals surface area (Å²) < 4.78 is 4.64. The minimum absolute atomic E-state index is 0.197. The number of nitrogens with one attached hydrogen (secondary N) is 3. The molecule has 150 valence electrons. The number of esters is 1. The zero-order valence-electron chi connectivity index (χ0n) is 16.0. The first-order chi connectivity index (χ1) is 13.9. The SMILES string of the molecule is CCOC(=O)/C=C/C(=O)NNC(=O)c1ccc(NC(=O)c2cccc(C)c2)cc1. The standard InChI is InChI=1S/C21H21N3O5/c1-3-29-19(26)12-11-18(25)23-24-21(28)15-7-9-17(10-8-15)22-20(27)16-6-4-5-14(2)13-16/h4-13H,3H2,1-2H3,(H,22,27)(H,23,25)(H,24,28)/b12-11+. The van der Waals surface area contributed by atoms with Gasteiger partial charge in [-0.1, -0.05) is 17.7 Å². The Bertz CT molecular complexity index is 936. The number of benzene rings is 2. The Kier molecular flexibility index (Phi) is 7.67. The van der Waals surface area contributed by atoms with Gasteiger partial charge in [0.25, 0.3) is 17.7 Å². The highest BCUT2D eigenvalue weighted by molar-refractivity contribution is 6.04. The summed E-state index contributed by atoms with van der Waals surface area (Å²) in [6, 6.07) is 13.3. The van der Waals surface area contributed by atoms with Crippen LogP contribution < -0.4 is 16.2 Å². The van der Waals surface area contributed by atoms with Crippen molar-refractivity contribution in [2.24, 2.45) is 0 Å². The van der Waals surface area contributed by atoms with Gasteiger partial charge in [-0.3, -0.25) is 25.2 Å². The van der Waals surface area contributed by atoms with Gasteiger partial charge in [-0.2, -0.15) is 0 Å². The number of hydrogen-bond donors (Lipinski definition) is 3. The van der Waals surface area contributed by atoms with E-state index in [0.717, 1.165) is 17.7 Å². The lowest BCUT2D eigenvalue weighted by Crippen LogP contribution is -2.40. The Labute approximate surface area is 167 Å². The van der Waals surface area contributed by atoms with Crippen molar-refractivity contribution in [2.75, 3.05) is 11.9 Å². The molecular formula is C21H21N3O5. The number of aryl methyl sites for hydroxylation is 1. The Morgan fingerprint density at radius 3 is 2.28 bits per heavy atom. The monoisotopic (exact) mass is 395 g/mol. The lowest BCUT2D eigenvalue weighted by molar-refractivity contribution is -0.137. The van der Waals surface area contributed by atoms with Crippen molar-refractivity contribution in [1.29, 1.82) is 0 Å². The molecule has 2 rings (SSSR count). The van der Waals surface area contributed by atoms with Crippen LogP contribution in [0.3, 0.4) is 0 Å². The summed E-state index contributed by atoms with van der Waals surface area (Å²) in [5.41, 5.74) is 6.67. The minimum Gasteiger partial charge on any atom is -0.463 e. The highest BCUT2D eigenvalue weighted by Gasteiger charge is 2.09. The minimum atomic E-state index is -0.687. The molecule has 8 nitrogen and oxygen atoms in total. The molecule has 0 heterocycles. The Morgan fingerprint density at radius 2 is 1.62 bits per heavy atom. The predicted octanol–water partition coefficient (Wildman–Crippen LogP) is 2.13. The molecule has 0 fully saturated rings. The number of anilines is 1. The van der Waals surface area contributed by atoms with E-state index in [9.17, 15) is 19.2 Å². The normalized spacial score (nSPS) is 10.3. The summed E-state index contributed by atoms with van der Waals surface area (Å²) in [5.74, 6) is -2.16. The maximum Gasteiger partial charge on any atom is 0.330 e. The van der Waals surface area contributed by atoms with E-state index in [4.69, 9.17) is 0 Å². The third kappa shape index (κ3) is 6.94. The van der Waals surface area contributed by atoms with Crippen LogP contribution in [-0.2, 0) is 14.3 Å². The fraction of sp³-hybridized carbons (Fsp3) is 0.143. The number of hydrazine groups is 1. The molecule has 2 aromatic rings. The van der Waals surface area contributed by atoms with E-state index in [1.54, 1.807) is 37.3 Å². The molecule has 0 aliphatic rings. The van der Waals surface area contributed by atoms with Crippen LogP contribution in [0.15, 0.2) is 60.7 Å².